The Labute approximate surface area is 111 Å². The van der Waals surface area contributed by atoms with Crippen molar-refractivity contribution >= 4 is 11.6 Å². The van der Waals surface area contributed by atoms with Crippen LogP contribution in [0.2, 0.25) is 0 Å². The number of para-hydroxylation sites is 1. The summed E-state index contributed by atoms with van der Waals surface area (Å²) in [6.07, 6.45) is 0.373. The Kier molecular flexibility index (Phi) is 4.61. The summed E-state index contributed by atoms with van der Waals surface area (Å²) in [7, 11) is 0. The maximum absolute atomic E-state index is 12.1. The second-order valence-corrected chi connectivity index (χ2v) is 5.04. The zero-order valence-corrected chi connectivity index (χ0v) is 11.3. The molecule has 0 fully saturated rings. The molecule has 0 spiro atoms. The highest BCUT2D eigenvalue weighted by Crippen LogP contribution is 2.23. The monoisotopic (exact) mass is 266 g/mol. The summed E-state index contributed by atoms with van der Waals surface area (Å²) in [4.78, 5) is 22.6. The van der Waals surface area contributed by atoms with Crippen molar-refractivity contribution in [2.75, 3.05) is 6.61 Å². The van der Waals surface area contributed by atoms with Gasteiger partial charge >= 0.3 is 0 Å². The Morgan fingerprint density at radius 3 is 2.63 bits per heavy atom. The van der Waals surface area contributed by atoms with E-state index in [0.29, 0.717) is 12.0 Å². The third-order valence-corrected chi connectivity index (χ3v) is 2.85. The first kappa shape index (κ1) is 15.1. The first-order chi connectivity index (χ1) is 8.78. The number of hydrogen-bond donors (Lipinski definition) is 2. The van der Waals surface area contributed by atoms with Gasteiger partial charge in [0.25, 0.3) is 11.6 Å². The first-order valence-electron chi connectivity index (χ1n) is 5.96. The number of amides is 1. The lowest BCUT2D eigenvalue weighted by Gasteiger charge is -2.25. The van der Waals surface area contributed by atoms with E-state index in [1.54, 1.807) is 32.9 Å². The maximum Gasteiger partial charge on any atom is 0.285 e. The van der Waals surface area contributed by atoms with Crippen molar-refractivity contribution in [1.29, 1.82) is 0 Å². The van der Waals surface area contributed by atoms with E-state index in [2.05, 4.69) is 5.32 Å². The number of nitrogens with one attached hydrogen (secondary N) is 1. The number of carbonyl (C=O) groups excluding carboxylic acids is 1. The van der Waals surface area contributed by atoms with Crippen molar-refractivity contribution in [3.05, 3.63) is 39.4 Å². The number of nitro groups is 1. The molecule has 1 aromatic carbocycles. The molecule has 0 bridgehead atoms. The lowest BCUT2D eigenvalue weighted by molar-refractivity contribution is -0.385. The fraction of sp³-hybridized carbons (Fsp3) is 0.462. The zero-order chi connectivity index (χ0) is 14.6. The molecule has 0 unspecified atom stereocenters. The van der Waals surface area contributed by atoms with Gasteiger partial charge in [0.1, 0.15) is 5.56 Å². The first-order valence-corrected chi connectivity index (χ1v) is 5.96. The lowest BCUT2D eigenvalue weighted by Crippen LogP contribution is -2.44. The number of benzene rings is 1. The Morgan fingerprint density at radius 2 is 2.11 bits per heavy atom. The third kappa shape index (κ3) is 3.75. The van der Waals surface area contributed by atoms with Gasteiger partial charge in [0.15, 0.2) is 0 Å². The van der Waals surface area contributed by atoms with Crippen LogP contribution in [0.1, 0.15) is 36.2 Å². The van der Waals surface area contributed by atoms with Gasteiger partial charge in [0.05, 0.1) is 4.92 Å². The molecule has 1 aromatic rings. The molecule has 0 aromatic heterocycles. The van der Waals surface area contributed by atoms with Gasteiger partial charge in [-0.3, -0.25) is 14.9 Å². The highest BCUT2D eigenvalue weighted by Gasteiger charge is 2.26. The maximum atomic E-state index is 12.1. The Bertz CT molecular complexity index is 497. The molecule has 0 saturated heterocycles. The van der Waals surface area contributed by atoms with Crippen LogP contribution in [0.15, 0.2) is 18.2 Å². The highest BCUT2D eigenvalue weighted by atomic mass is 16.6. The number of hydrogen-bond acceptors (Lipinski definition) is 4. The molecule has 1 amide bonds. The topological polar surface area (TPSA) is 92.5 Å². The Morgan fingerprint density at radius 1 is 1.47 bits per heavy atom. The second-order valence-electron chi connectivity index (χ2n) is 5.04. The number of carbonyl (C=O) groups is 1. The Hall–Kier alpha value is -1.95. The van der Waals surface area contributed by atoms with Crippen LogP contribution in [0.25, 0.3) is 0 Å². The minimum Gasteiger partial charge on any atom is -0.396 e. The summed E-state index contributed by atoms with van der Waals surface area (Å²) in [6, 6.07) is 4.62. The van der Waals surface area contributed by atoms with E-state index >= 15 is 0 Å². The number of aliphatic hydroxyl groups is 1. The van der Waals surface area contributed by atoms with Crippen LogP contribution in [-0.4, -0.2) is 28.1 Å². The summed E-state index contributed by atoms with van der Waals surface area (Å²) in [5.41, 5.74) is -0.322. The molecule has 6 heteroatoms. The number of nitro benzene ring substituents is 1. The molecular weight excluding hydrogens is 248 g/mol. The minimum absolute atomic E-state index is 0.0380. The van der Waals surface area contributed by atoms with Gasteiger partial charge in [0.2, 0.25) is 0 Å². The highest BCUT2D eigenvalue weighted by molar-refractivity contribution is 5.99. The minimum atomic E-state index is -0.622. The molecule has 104 valence electrons. The van der Waals surface area contributed by atoms with Crippen LogP contribution >= 0.6 is 0 Å². The number of rotatable bonds is 5. The largest absolute Gasteiger partial charge is 0.396 e. The van der Waals surface area contributed by atoms with E-state index in [4.69, 9.17) is 5.11 Å². The van der Waals surface area contributed by atoms with E-state index in [-0.39, 0.29) is 17.9 Å². The van der Waals surface area contributed by atoms with Gasteiger partial charge in [0, 0.05) is 17.7 Å². The van der Waals surface area contributed by atoms with Crippen molar-refractivity contribution in [2.45, 2.75) is 32.7 Å². The lowest BCUT2D eigenvalue weighted by atomic mass is 9.99. The van der Waals surface area contributed by atoms with Crippen molar-refractivity contribution < 1.29 is 14.8 Å². The van der Waals surface area contributed by atoms with Gasteiger partial charge in [-0.25, -0.2) is 0 Å². The third-order valence-electron chi connectivity index (χ3n) is 2.85. The van der Waals surface area contributed by atoms with Crippen molar-refractivity contribution in [1.82, 2.24) is 5.32 Å². The molecule has 0 radical (unpaired) electrons. The standard InChI is InChI=1S/C13H18N2O4/c1-9-5-4-6-10(11(9)15(18)19)12(17)14-13(2,3)7-8-16/h4-6,16H,7-8H2,1-3H3,(H,14,17). The number of aryl methyl sites for hydroxylation is 1. The Balaban J connectivity index is 3.07. The molecule has 0 saturated carbocycles. The van der Waals surface area contributed by atoms with E-state index < -0.39 is 16.4 Å². The van der Waals surface area contributed by atoms with Crippen LogP contribution in [0.5, 0.6) is 0 Å². The van der Waals surface area contributed by atoms with E-state index in [9.17, 15) is 14.9 Å². The number of nitrogens with zero attached hydrogens (tertiary/aromatic N) is 1. The SMILES string of the molecule is Cc1cccc(C(=O)NC(C)(C)CCO)c1[N+](=O)[O-]. The van der Waals surface area contributed by atoms with Crippen LogP contribution in [0.4, 0.5) is 5.69 Å². The van der Waals surface area contributed by atoms with Crippen molar-refractivity contribution in [2.24, 2.45) is 0 Å². The van der Waals surface area contributed by atoms with E-state index in [1.807, 2.05) is 0 Å². The van der Waals surface area contributed by atoms with Gasteiger partial charge in [-0.2, -0.15) is 0 Å². The number of aliphatic hydroxyl groups excluding tert-OH is 1. The fourth-order valence-corrected chi connectivity index (χ4v) is 1.80. The summed E-state index contributed by atoms with van der Waals surface area (Å²) < 4.78 is 0. The van der Waals surface area contributed by atoms with Crippen molar-refractivity contribution in [3.8, 4) is 0 Å². The molecule has 0 aliphatic rings. The van der Waals surface area contributed by atoms with E-state index in [0.717, 1.165) is 0 Å². The summed E-state index contributed by atoms with van der Waals surface area (Å²) in [5, 5.41) is 22.6. The van der Waals surface area contributed by atoms with Crippen LogP contribution < -0.4 is 5.32 Å². The predicted molar refractivity (Wildman–Crippen MR) is 71.1 cm³/mol. The van der Waals surface area contributed by atoms with Gasteiger partial charge in [-0.05, 0) is 33.3 Å². The van der Waals surface area contributed by atoms with Crippen LogP contribution in [-0.2, 0) is 0 Å². The smallest absolute Gasteiger partial charge is 0.285 e. The van der Waals surface area contributed by atoms with Gasteiger partial charge < -0.3 is 10.4 Å². The predicted octanol–water partition coefficient (Wildman–Crippen LogP) is 1.79. The fourth-order valence-electron chi connectivity index (χ4n) is 1.80. The summed E-state index contributed by atoms with van der Waals surface area (Å²) in [6.45, 7) is 5.03. The molecule has 0 aliphatic heterocycles. The molecule has 0 atom stereocenters. The average Bonchev–Trinajstić information content (AvgIpc) is 2.27. The molecule has 2 N–H and O–H groups in total. The molecule has 1 rings (SSSR count). The summed E-state index contributed by atoms with van der Waals surface area (Å²) in [5.74, 6) is -0.506. The molecular formula is C13H18N2O4. The molecule has 19 heavy (non-hydrogen) atoms. The second kappa shape index (κ2) is 5.79. The van der Waals surface area contributed by atoms with E-state index in [1.165, 1.54) is 6.07 Å². The quantitative estimate of drug-likeness (QED) is 0.627. The van der Waals surface area contributed by atoms with Gasteiger partial charge in [-0.15, -0.1) is 0 Å². The summed E-state index contributed by atoms with van der Waals surface area (Å²) >= 11 is 0. The normalized spacial score (nSPS) is 11.2. The molecule has 0 heterocycles. The molecule has 0 aliphatic carbocycles. The van der Waals surface area contributed by atoms with Crippen molar-refractivity contribution in [3.63, 3.8) is 0 Å². The average molecular weight is 266 g/mol. The van der Waals surface area contributed by atoms with Crippen LogP contribution in [0.3, 0.4) is 0 Å². The van der Waals surface area contributed by atoms with Crippen LogP contribution in [0, 0.1) is 17.0 Å². The zero-order valence-electron chi connectivity index (χ0n) is 11.3. The molecule has 6 nitrogen and oxygen atoms in total. The van der Waals surface area contributed by atoms with Gasteiger partial charge in [-0.1, -0.05) is 12.1 Å².